The van der Waals surface area contributed by atoms with Crippen molar-refractivity contribution in [1.82, 2.24) is 5.43 Å². The number of carbonyl (C=O) groups excluding carboxylic acids is 1. The predicted octanol–water partition coefficient (Wildman–Crippen LogP) is 5.48. The quantitative estimate of drug-likeness (QED) is 0.403. The van der Waals surface area contributed by atoms with Crippen LogP contribution in [0.4, 0.5) is 0 Å². The number of hydrogen-bond acceptors (Lipinski definition) is 4. The van der Waals surface area contributed by atoms with Crippen LogP contribution in [0.2, 0.25) is 0 Å². The molecule has 7 heteroatoms. The molecule has 29 heavy (non-hydrogen) atoms. The van der Waals surface area contributed by atoms with Gasteiger partial charge in [0.15, 0.2) is 11.5 Å². The highest BCUT2D eigenvalue weighted by Gasteiger charge is 2.44. The van der Waals surface area contributed by atoms with Crippen LogP contribution in [0.15, 0.2) is 44.4 Å². The summed E-state index contributed by atoms with van der Waals surface area (Å²) in [5, 5.41) is 14.3. The normalized spacial score (nSPS) is 18.7. The summed E-state index contributed by atoms with van der Waals surface area (Å²) in [7, 11) is 1.47. The molecule has 1 aliphatic carbocycles. The van der Waals surface area contributed by atoms with Gasteiger partial charge in [0.25, 0.3) is 0 Å². The molecule has 154 valence electrons. The van der Waals surface area contributed by atoms with Crippen LogP contribution >= 0.6 is 31.9 Å². The number of hydrazone groups is 1. The monoisotopic (exact) mass is 522 g/mol. The first-order valence-corrected chi connectivity index (χ1v) is 10.9. The lowest BCUT2D eigenvalue weighted by Gasteiger charge is -2.19. The second-order valence-electron chi connectivity index (χ2n) is 8.19. The number of amides is 1. The maximum Gasteiger partial charge on any atom is 0.243 e. The van der Waals surface area contributed by atoms with Crippen molar-refractivity contribution in [2.45, 2.75) is 38.5 Å². The second-order valence-corrected chi connectivity index (χ2v) is 9.84. The van der Waals surface area contributed by atoms with Gasteiger partial charge in [0, 0.05) is 14.9 Å². The number of aromatic hydroxyl groups is 1. The predicted molar refractivity (Wildman–Crippen MR) is 122 cm³/mol. The summed E-state index contributed by atoms with van der Waals surface area (Å²) in [6.07, 6.45) is 2.22. The molecule has 5 nitrogen and oxygen atoms in total. The van der Waals surface area contributed by atoms with Crippen molar-refractivity contribution >= 4 is 44.0 Å². The molecule has 2 aromatic rings. The summed E-state index contributed by atoms with van der Waals surface area (Å²) in [5.74, 6) is 0.286. The maximum atomic E-state index is 12.4. The molecule has 2 aromatic carbocycles. The first-order valence-electron chi connectivity index (χ1n) is 9.31. The van der Waals surface area contributed by atoms with Crippen LogP contribution < -0.4 is 10.2 Å². The Kier molecular flexibility index (Phi) is 6.39. The molecular formula is C22H24Br2N2O3. The zero-order chi connectivity index (χ0) is 21.3. The number of ether oxygens (including phenoxy) is 1. The Bertz CT molecular complexity index is 950. The van der Waals surface area contributed by atoms with Crippen LogP contribution in [-0.4, -0.2) is 24.3 Å². The fraction of sp³-hybridized carbons (Fsp3) is 0.364. The molecule has 0 radical (unpaired) electrons. The summed E-state index contributed by atoms with van der Waals surface area (Å²) < 4.78 is 6.47. The van der Waals surface area contributed by atoms with Gasteiger partial charge in [-0.15, -0.1) is 0 Å². The van der Waals surface area contributed by atoms with Crippen molar-refractivity contribution in [2.75, 3.05) is 7.11 Å². The first kappa shape index (κ1) is 21.8. The van der Waals surface area contributed by atoms with Crippen molar-refractivity contribution in [3.8, 4) is 11.5 Å². The van der Waals surface area contributed by atoms with E-state index in [-0.39, 0.29) is 28.9 Å². The number of nitrogens with one attached hydrogen (secondary N) is 1. The van der Waals surface area contributed by atoms with Crippen molar-refractivity contribution in [3.63, 3.8) is 0 Å². The molecule has 0 spiro atoms. The lowest BCUT2D eigenvalue weighted by molar-refractivity contribution is -0.122. The molecule has 0 bridgehead atoms. The molecule has 2 atom stereocenters. The molecular weight excluding hydrogens is 500 g/mol. The molecule has 3 rings (SSSR count). The van der Waals surface area contributed by atoms with Gasteiger partial charge < -0.3 is 9.84 Å². The third-order valence-corrected chi connectivity index (χ3v) is 7.12. The van der Waals surface area contributed by atoms with Gasteiger partial charge in [-0.2, -0.15) is 5.10 Å². The van der Waals surface area contributed by atoms with Gasteiger partial charge in [-0.3, -0.25) is 4.79 Å². The molecule has 1 aliphatic rings. The van der Waals surface area contributed by atoms with E-state index in [0.29, 0.717) is 20.3 Å². The van der Waals surface area contributed by atoms with Crippen LogP contribution in [0.3, 0.4) is 0 Å². The third-order valence-electron chi connectivity index (χ3n) is 5.11. The Hall–Kier alpha value is -1.86. The highest BCUT2D eigenvalue weighted by molar-refractivity contribution is 9.13. The van der Waals surface area contributed by atoms with Gasteiger partial charge >= 0.3 is 0 Å². The smallest absolute Gasteiger partial charge is 0.243 e. The third kappa shape index (κ3) is 4.83. The van der Waals surface area contributed by atoms with Crippen molar-refractivity contribution in [3.05, 3.63) is 56.0 Å². The van der Waals surface area contributed by atoms with Gasteiger partial charge in [-0.1, -0.05) is 45.0 Å². The van der Waals surface area contributed by atoms with Crippen LogP contribution in [0.1, 0.15) is 49.8 Å². The highest BCUT2D eigenvalue weighted by atomic mass is 79.9. The molecule has 1 amide bonds. The average molecular weight is 524 g/mol. The van der Waals surface area contributed by atoms with Crippen LogP contribution in [-0.2, 0) is 10.2 Å². The van der Waals surface area contributed by atoms with E-state index in [1.807, 2.05) is 0 Å². The number of halogens is 2. The molecule has 1 saturated carbocycles. The fourth-order valence-electron chi connectivity index (χ4n) is 3.21. The highest BCUT2D eigenvalue weighted by Crippen LogP contribution is 2.47. The van der Waals surface area contributed by atoms with Gasteiger partial charge in [-0.05, 0) is 66.8 Å². The lowest BCUT2D eigenvalue weighted by Crippen LogP contribution is -2.20. The topological polar surface area (TPSA) is 70.9 Å². The minimum Gasteiger partial charge on any atom is -0.504 e. The van der Waals surface area contributed by atoms with Gasteiger partial charge in [0.1, 0.15) is 0 Å². The first-order chi connectivity index (χ1) is 13.6. The summed E-state index contributed by atoms with van der Waals surface area (Å²) in [5.41, 5.74) is 5.57. The number of nitrogens with zero attached hydrogens (tertiary/aromatic N) is 1. The van der Waals surface area contributed by atoms with E-state index < -0.39 is 0 Å². The standard InChI is InChI=1S/C22H24Br2N2O3/c1-22(2,3)13-7-5-12(6-8-13)14-9-15(14)21(28)26-25-11-16-19(24)17(23)10-18(29-4)20(16)27/h5-8,10-11,14-15,27H,9H2,1-4H3,(H,26,28)/b25-11-/t14-,15-/m1/s1. The number of methoxy groups -OCH3 is 1. The van der Waals surface area contributed by atoms with Gasteiger partial charge in [0.2, 0.25) is 5.91 Å². The van der Waals surface area contributed by atoms with E-state index in [1.54, 1.807) is 6.07 Å². The van der Waals surface area contributed by atoms with E-state index >= 15 is 0 Å². The minimum absolute atomic E-state index is 0.0520. The van der Waals surface area contributed by atoms with Crippen LogP contribution in [0.5, 0.6) is 11.5 Å². The molecule has 0 unspecified atom stereocenters. The zero-order valence-corrected chi connectivity index (χ0v) is 20.0. The molecule has 1 fully saturated rings. The molecule has 2 N–H and O–H groups in total. The Morgan fingerprint density at radius 1 is 1.28 bits per heavy atom. The summed E-state index contributed by atoms with van der Waals surface area (Å²) in [6, 6.07) is 10.2. The number of hydrogen-bond donors (Lipinski definition) is 2. The van der Waals surface area contributed by atoms with E-state index in [9.17, 15) is 9.90 Å². The molecule has 0 saturated heterocycles. The van der Waals surface area contributed by atoms with Gasteiger partial charge in [-0.25, -0.2) is 5.43 Å². The SMILES string of the molecule is COc1cc(Br)c(Br)c(/C=N\NC(=O)[C@@H]2C[C@@H]2c2ccc(C(C)(C)C)cc2)c1O. The van der Waals surface area contributed by atoms with Crippen molar-refractivity contribution in [1.29, 1.82) is 0 Å². The largest absolute Gasteiger partial charge is 0.504 e. The Morgan fingerprint density at radius 2 is 1.93 bits per heavy atom. The van der Waals surface area contributed by atoms with Crippen LogP contribution in [0, 0.1) is 5.92 Å². The lowest BCUT2D eigenvalue weighted by atomic mass is 9.86. The number of phenols is 1. The van der Waals surface area contributed by atoms with E-state index in [4.69, 9.17) is 4.74 Å². The number of phenolic OH excluding ortho intramolecular Hbond substituents is 1. The van der Waals surface area contributed by atoms with E-state index in [1.165, 1.54) is 24.5 Å². The zero-order valence-electron chi connectivity index (χ0n) is 16.8. The second kappa shape index (κ2) is 8.48. The Morgan fingerprint density at radius 3 is 2.52 bits per heavy atom. The number of carbonyl (C=O) groups is 1. The van der Waals surface area contributed by atoms with E-state index in [0.717, 1.165) is 6.42 Å². The number of benzene rings is 2. The Balaban J connectivity index is 1.64. The van der Waals surface area contributed by atoms with Crippen molar-refractivity contribution < 1.29 is 14.6 Å². The van der Waals surface area contributed by atoms with E-state index in [2.05, 4.69) is 87.4 Å². The maximum absolute atomic E-state index is 12.4. The molecule has 0 aliphatic heterocycles. The number of rotatable bonds is 5. The van der Waals surface area contributed by atoms with Crippen LogP contribution in [0.25, 0.3) is 0 Å². The van der Waals surface area contributed by atoms with Crippen molar-refractivity contribution in [2.24, 2.45) is 11.0 Å². The fourth-order valence-corrected chi connectivity index (χ4v) is 4.04. The molecule has 0 heterocycles. The molecule has 0 aromatic heterocycles. The average Bonchev–Trinajstić information content (AvgIpc) is 3.47. The summed E-state index contributed by atoms with van der Waals surface area (Å²) in [4.78, 5) is 12.4. The van der Waals surface area contributed by atoms with Gasteiger partial charge in [0.05, 0.1) is 18.9 Å². The summed E-state index contributed by atoms with van der Waals surface area (Å²) >= 11 is 6.79. The minimum atomic E-state index is -0.122. The summed E-state index contributed by atoms with van der Waals surface area (Å²) in [6.45, 7) is 6.55. The Labute approximate surface area is 187 Å².